The van der Waals surface area contributed by atoms with Crippen molar-refractivity contribution in [2.75, 3.05) is 13.7 Å². The summed E-state index contributed by atoms with van der Waals surface area (Å²) in [5.74, 6) is 0.429. The van der Waals surface area contributed by atoms with Gasteiger partial charge in [-0.3, -0.25) is 0 Å². The zero-order valence-electron chi connectivity index (χ0n) is 13.3. The predicted molar refractivity (Wildman–Crippen MR) is 81.7 cm³/mol. The number of carbonyl (C=O) groups excluding carboxylic acids is 1. The number of halogens is 3. The number of carbonyl (C=O) groups is 1. The highest BCUT2D eigenvalue weighted by Gasteiger charge is 2.42. The molecule has 0 heterocycles. The summed E-state index contributed by atoms with van der Waals surface area (Å²) in [6, 6.07) is 2.29. The Morgan fingerprint density at radius 3 is 2.42 bits per heavy atom. The molecule has 1 atom stereocenters. The standard InChI is InChI=1S/C16H21F3N2O3/c1-24-12-5-3-11(4-6-12)13(16(17,18)19)21-14(22)20-10-9-15(23)7-2-8-15/h3-6,13,23H,2,7-10H2,1H3,(H2,20,21,22)/t13-/m1/s1. The Hall–Kier alpha value is -1.96. The molecule has 24 heavy (non-hydrogen) atoms. The molecule has 1 fully saturated rings. The quantitative estimate of drug-likeness (QED) is 0.742. The van der Waals surface area contributed by atoms with E-state index >= 15 is 0 Å². The molecular weight excluding hydrogens is 325 g/mol. The second-order valence-corrected chi connectivity index (χ2v) is 5.98. The van der Waals surface area contributed by atoms with Gasteiger partial charge in [-0.25, -0.2) is 4.79 Å². The number of urea groups is 1. The number of hydrogen-bond acceptors (Lipinski definition) is 3. The van der Waals surface area contributed by atoms with Crippen LogP contribution in [0, 0.1) is 0 Å². The fraction of sp³-hybridized carbons (Fsp3) is 0.562. The van der Waals surface area contributed by atoms with Gasteiger partial charge in [0, 0.05) is 6.54 Å². The first-order valence-electron chi connectivity index (χ1n) is 7.71. The molecule has 3 N–H and O–H groups in total. The number of aliphatic hydroxyl groups is 1. The van der Waals surface area contributed by atoms with Crippen LogP contribution in [0.3, 0.4) is 0 Å². The lowest BCUT2D eigenvalue weighted by atomic mass is 9.78. The second kappa shape index (κ2) is 7.29. The summed E-state index contributed by atoms with van der Waals surface area (Å²) in [6.45, 7) is 0.121. The zero-order chi connectivity index (χ0) is 17.8. The van der Waals surface area contributed by atoms with Crippen LogP contribution < -0.4 is 15.4 Å². The van der Waals surface area contributed by atoms with E-state index in [0.717, 1.165) is 6.42 Å². The van der Waals surface area contributed by atoms with Crippen molar-refractivity contribution in [3.8, 4) is 5.75 Å². The molecule has 5 nitrogen and oxygen atoms in total. The first-order valence-corrected chi connectivity index (χ1v) is 7.71. The van der Waals surface area contributed by atoms with Gasteiger partial charge in [-0.05, 0) is 43.4 Å². The number of methoxy groups -OCH3 is 1. The van der Waals surface area contributed by atoms with Crippen LogP contribution in [0.15, 0.2) is 24.3 Å². The van der Waals surface area contributed by atoms with Gasteiger partial charge < -0.3 is 20.5 Å². The smallest absolute Gasteiger partial charge is 0.412 e. The molecule has 0 aliphatic heterocycles. The van der Waals surface area contributed by atoms with E-state index in [9.17, 15) is 23.1 Å². The Bertz CT molecular complexity index is 557. The van der Waals surface area contributed by atoms with Gasteiger partial charge in [0.25, 0.3) is 0 Å². The molecule has 0 bridgehead atoms. The molecular formula is C16H21F3N2O3. The first-order chi connectivity index (χ1) is 11.2. The summed E-state index contributed by atoms with van der Waals surface area (Å²) in [6.07, 6.45) is -2.05. The minimum absolute atomic E-state index is 0.0870. The van der Waals surface area contributed by atoms with Crippen LogP contribution in [0.5, 0.6) is 5.75 Å². The Balaban J connectivity index is 1.93. The van der Waals surface area contributed by atoms with Crippen molar-refractivity contribution >= 4 is 6.03 Å². The molecule has 2 amide bonds. The maximum absolute atomic E-state index is 13.2. The molecule has 8 heteroatoms. The van der Waals surface area contributed by atoms with Crippen molar-refractivity contribution in [1.29, 1.82) is 0 Å². The van der Waals surface area contributed by atoms with Crippen LogP contribution in [0.4, 0.5) is 18.0 Å². The monoisotopic (exact) mass is 346 g/mol. The van der Waals surface area contributed by atoms with E-state index in [1.807, 2.05) is 5.32 Å². The molecule has 0 unspecified atom stereocenters. The van der Waals surface area contributed by atoms with Crippen LogP contribution in [-0.4, -0.2) is 36.6 Å². The molecule has 0 radical (unpaired) electrons. The highest BCUT2D eigenvalue weighted by molar-refractivity contribution is 5.74. The van der Waals surface area contributed by atoms with Crippen molar-refractivity contribution in [3.63, 3.8) is 0 Å². The van der Waals surface area contributed by atoms with Crippen LogP contribution in [0.1, 0.15) is 37.3 Å². The molecule has 134 valence electrons. The SMILES string of the molecule is COc1ccc([C@@H](NC(=O)NCCC2(O)CCC2)C(F)(F)F)cc1. The van der Waals surface area contributed by atoms with Gasteiger partial charge in [-0.2, -0.15) is 13.2 Å². The third-order valence-corrected chi connectivity index (χ3v) is 4.21. The van der Waals surface area contributed by atoms with E-state index in [4.69, 9.17) is 4.74 Å². The maximum atomic E-state index is 13.2. The minimum atomic E-state index is -4.63. The van der Waals surface area contributed by atoms with Gasteiger partial charge in [0.05, 0.1) is 12.7 Å². The topological polar surface area (TPSA) is 70.6 Å². The van der Waals surface area contributed by atoms with Gasteiger partial charge in [-0.1, -0.05) is 12.1 Å². The van der Waals surface area contributed by atoms with Crippen LogP contribution >= 0.6 is 0 Å². The lowest BCUT2D eigenvalue weighted by Crippen LogP contribution is -2.46. The molecule has 1 aromatic carbocycles. The second-order valence-electron chi connectivity index (χ2n) is 5.98. The summed E-state index contributed by atoms with van der Waals surface area (Å²) in [5, 5.41) is 14.2. The number of benzene rings is 1. The molecule has 1 aliphatic rings. The summed E-state index contributed by atoms with van der Waals surface area (Å²) >= 11 is 0. The van der Waals surface area contributed by atoms with Crippen molar-refractivity contribution in [2.45, 2.75) is 43.5 Å². The van der Waals surface area contributed by atoms with Gasteiger partial charge in [0.15, 0.2) is 6.04 Å². The van der Waals surface area contributed by atoms with Crippen molar-refractivity contribution in [2.24, 2.45) is 0 Å². The predicted octanol–water partition coefficient (Wildman–Crippen LogP) is 2.90. The average Bonchev–Trinajstić information content (AvgIpc) is 2.50. The fourth-order valence-corrected chi connectivity index (χ4v) is 2.58. The zero-order valence-corrected chi connectivity index (χ0v) is 13.3. The van der Waals surface area contributed by atoms with Gasteiger partial charge in [0.1, 0.15) is 5.75 Å². The molecule has 0 saturated heterocycles. The molecule has 0 spiro atoms. The highest BCUT2D eigenvalue weighted by atomic mass is 19.4. The third kappa shape index (κ3) is 4.77. The first kappa shape index (κ1) is 18.4. The Labute approximate surface area is 138 Å². The van der Waals surface area contributed by atoms with Crippen molar-refractivity contribution in [1.82, 2.24) is 10.6 Å². The Kier molecular flexibility index (Phi) is 5.58. The summed E-state index contributed by atoms with van der Waals surface area (Å²) in [4.78, 5) is 11.8. The number of amides is 2. The highest BCUT2D eigenvalue weighted by Crippen LogP contribution is 2.34. The average molecular weight is 346 g/mol. The van der Waals surface area contributed by atoms with E-state index < -0.39 is 23.9 Å². The molecule has 1 saturated carbocycles. The van der Waals surface area contributed by atoms with Crippen molar-refractivity contribution < 1.29 is 27.8 Å². The minimum Gasteiger partial charge on any atom is -0.497 e. The van der Waals surface area contributed by atoms with Gasteiger partial charge >= 0.3 is 12.2 Å². The molecule has 1 aromatic rings. The number of nitrogens with one attached hydrogen (secondary N) is 2. The maximum Gasteiger partial charge on any atom is 0.412 e. The van der Waals surface area contributed by atoms with Crippen LogP contribution in [0.2, 0.25) is 0 Å². The van der Waals surface area contributed by atoms with Crippen LogP contribution in [0.25, 0.3) is 0 Å². The van der Waals surface area contributed by atoms with Gasteiger partial charge in [-0.15, -0.1) is 0 Å². The van der Waals surface area contributed by atoms with Crippen molar-refractivity contribution in [3.05, 3.63) is 29.8 Å². The lowest BCUT2D eigenvalue weighted by molar-refractivity contribution is -0.155. The summed E-state index contributed by atoms with van der Waals surface area (Å²) in [7, 11) is 1.41. The van der Waals surface area contributed by atoms with E-state index in [2.05, 4.69) is 5.32 Å². The van der Waals surface area contributed by atoms with Gasteiger partial charge in [0.2, 0.25) is 0 Å². The number of hydrogen-bond donors (Lipinski definition) is 3. The Morgan fingerprint density at radius 1 is 1.33 bits per heavy atom. The van der Waals surface area contributed by atoms with E-state index in [-0.39, 0.29) is 12.1 Å². The van der Waals surface area contributed by atoms with E-state index in [0.29, 0.717) is 25.0 Å². The number of ether oxygens (including phenoxy) is 1. The largest absolute Gasteiger partial charge is 0.497 e. The Morgan fingerprint density at radius 2 is 1.96 bits per heavy atom. The van der Waals surface area contributed by atoms with Crippen LogP contribution in [-0.2, 0) is 0 Å². The molecule has 2 rings (SSSR count). The number of alkyl halides is 3. The fourth-order valence-electron chi connectivity index (χ4n) is 2.58. The van der Waals surface area contributed by atoms with E-state index in [1.165, 1.54) is 31.4 Å². The number of rotatable bonds is 6. The molecule has 0 aromatic heterocycles. The summed E-state index contributed by atoms with van der Waals surface area (Å²) < 4.78 is 44.5. The molecule has 1 aliphatic carbocycles. The lowest BCUT2D eigenvalue weighted by Gasteiger charge is -2.36. The van der Waals surface area contributed by atoms with E-state index in [1.54, 1.807) is 0 Å². The third-order valence-electron chi connectivity index (χ3n) is 4.21. The summed E-state index contributed by atoms with van der Waals surface area (Å²) in [5.41, 5.74) is -0.872. The normalized spacial score (nSPS) is 17.5.